The molecule has 1 N–H and O–H groups in total. The number of aromatic nitrogens is 1. The fourth-order valence-electron chi connectivity index (χ4n) is 3.20. The van der Waals surface area contributed by atoms with Gasteiger partial charge in [0, 0.05) is 29.0 Å². The molecular formula is C22H22BrN3O. The third-order valence-corrected chi connectivity index (χ3v) is 5.51. The van der Waals surface area contributed by atoms with E-state index in [0.29, 0.717) is 12.6 Å². The second-order valence-electron chi connectivity index (χ2n) is 6.88. The van der Waals surface area contributed by atoms with Crippen LogP contribution >= 0.6 is 15.9 Å². The Hall–Kier alpha value is -2.53. The topological polar surface area (TPSA) is 37.3 Å². The summed E-state index contributed by atoms with van der Waals surface area (Å²) in [6, 6.07) is 22.5. The van der Waals surface area contributed by atoms with Crippen molar-refractivity contribution in [3.8, 4) is 0 Å². The Labute approximate surface area is 167 Å². The summed E-state index contributed by atoms with van der Waals surface area (Å²) in [5, 5.41) is 3.04. The van der Waals surface area contributed by atoms with Crippen LogP contribution in [0.4, 0.5) is 10.5 Å². The maximum atomic E-state index is 12.9. The summed E-state index contributed by atoms with van der Waals surface area (Å²) in [7, 11) is 0. The van der Waals surface area contributed by atoms with Gasteiger partial charge in [-0.05, 0) is 58.6 Å². The van der Waals surface area contributed by atoms with Gasteiger partial charge >= 0.3 is 6.03 Å². The lowest BCUT2D eigenvalue weighted by Gasteiger charge is -2.24. The molecule has 1 aliphatic rings. The number of carbonyl (C=O) groups excluding carboxylic acids is 1. The SMILES string of the molecule is O=C(Nc1ccccc1Br)N(Cc1cccn1Cc1ccccc1)C1CC1. The van der Waals surface area contributed by atoms with E-state index in [0.717, 1.165) is 35.2 Å². The van der Waals surface area contributed by atoms with Crippen LogP contribution in [0.25, 0.3) is 0 Å². The maximum absolute atomic E-state index is 12.9. The van der Waals surface area contributed by atoms with E-state index in [1.807, 2.05) is 35.2 Å². The van der Waals surface area contributed by atoms with Gasteiger partial charge in [0.1, 0.15) is 0 Å². The van der Waals surface area contributed by atoms with Crippen LogP contribution in [0.15, 0.2) is 77.4 Å². The summed E-state index contributed by atoms with van der Waals surface area (Å²) in [5.41, 5.74) is 3.20. The standard InChI is InChI=1S/C22H22BrN3O/c23-20-10-4-5-11-21(20)24-22(27)26(18-12-13-18)16-19-9-6-14-25(19)15-17-7-2-1-3-8-17/h1-11,14,18H,12-13,15-16H2,(H,24,27). The molecule has 5 heteroatoms. The summed E-state index contributed by atoms with van der Waals surface area (Å²) in [4.78, 5) is 14.9. The van der Waals surface area contributed by atoms with E-state index in [1.54, 1.807) is 0 Å². The molecule has 138 valence electrons. The summed E-state index contributed by atoms with van der Waals surface area (Å²) < 4.78 is 3.11. The van der Waals surface area contributed by atoms with Gasteiger partial charge in [0.25, 0.3) is 0 Å². The molecule has 0 saturated heterocycles. The van der Waals surface area contributed by atoms with Crippen molar-refractivity contribution < 1.29 is 4.79 Å². The molecule has 4 nitrogen and oxygen atoms in total. The van der Waals surface area contributed by atoms with E-state index in [2.05, 4.69) is 68.4 Å². The van der Waals surface area contributed by atoms with Crippen LogP contribution in [0.3, 0.4) is 0 Å². The fraction of sp³-hybridized carbons (Fsp3) is 0.227. The molecule has 0 unspecified atom stereocenters. The largest absolute Gasteiger partial charge is 0.345 e. The van der Waals surface area contributed by atoms with Crippen LogP contribution < -0.4 is 5.32 Å². The predicted octanol–water partition coefficient (Wildman–Crippen LogP) is 5.50. The Morgan fingerprint density at radius 1 is 1.04 bits per heavy atom. The van der Waals surface area contributed by atoms with Gasteiger partial charge < -0.3 is 14.8 Å². The second-order valence-corrected chi connectivity index (χ2v) is 7.74. The van der Waals surface area contributed by atoms with Gasteiger partial charge in [-0.1, -0.05) is 42.5 Å². The molecule has 2 aromatic carbocycles. The minimum atomic E-state index is -0.0446. The monoisotopic (exact) mass is 423 g/mol. The molecule has 2 amide bonds. The highest BCUT2D eigenvalue weighted by Gasteiger charge is 2.33. The summed E-state index contributed by atoms with van der Waals surface area (Å²) in [6.45, 7) is 1.42. The molecule has 27 heavy (non-hydrogen) atoms. The zero-order chi connectivity index (χ0) is 18.6. The lowest BCUT2D eigenvalue weighted by molar-refractivity contribution is 0.204. The van der Waals surface area contributed by atoms with Crippen LogP contribution in [0.1, 0.15) is 24.1 Å². The van der Waals surface area contributed by atoms with E-state index in [1.165, 1.54) is 5.56 Å². The van der Waals surface area contributed by atoms with E-state index in [4.69, 9.17) is 0 Å². The van der Waals surface area contributed by atoms with Crippen LogP contribution in [-0.2, 0) is 13.1 Å². The minimum absolute atomic E-state index is 0.0446. The van der Waals surface area contributed by atoms with Crippen molar-refractivity contribution in [2.24, 2.45) is 0 Å². The van der Waals surface area contributed by atoms with Crippen molar-refractivity contribution in [3.05, 3.63) is 88.7 Å². The lowest BCUT2D eigenvalue weighted by Crippen LogP contribution is -2.37. The minimum Gasteiger partial charge on any atom is -0.345 e. The highest BCUT2D eigenvalue weighted by molar-refractivity contribution is 9.10. The molecular weight excluding hydrogens is 402 g/mol. The number of amides is 2. The number of hydrogen-bond donors (Lipinski definition) is 1. The molecule has 0 radical (unpaired) electrons. The molecule has 1 heterocycles. The van der Waals surface area contributed by atoms with Gasteiger partial charge in [-0.15, -0.1) is 0 Å². The van der Waals surface area contributed by atoms with Crippen molar-refractivity contribution in [2.45, 2.75) is 32.0 Å². The zero-order valence-electron chi connectivity index (χ0n) is 15.0. The normalized spacial score (nSPS) is 13.4. The quantitative estimate of drug-likeness (QED) is 0.558. The van der Waals surface area contributed by atoms with Crippen LogP contribution in [0.5, 0.6) is 0 Å². The number of halogens is 1. The zero-order valence-corrected chi connectivity index (χ0v) is 16.6. The summed E-state index contributed by atoms with van der Waals surface area (Å²) in [6.07, 6.45) is 4.23. The number of rotatable bonds is 6. The molecule has 1 aromatic heterocycles. The Morgan fingerprint density at radius 2 is 1.78 bits per heavy atom. The highest BCUT2D eigenvalue weighted by Crippen LogP contribution is 2.30. The first-order chi connectivity index (χ1) is 13.2. The van der Waals surface area contributed by atoms with Crippen LogP contribution in [0, 0.1) is 0 Å². The predicted molar refractivity (Wildman–Crippen MR) is 112 cm³/mol. The van der Waals surface area contributed by atoms with E-state index < -0.39 is 0 Å². The van der Waals surface area contributed by atoms with Gasteiger partial charge in [0.2, 0.25) is 0 Å². The first kappa shape index (κ1) is 17.9. The van der Waals surface area contributed by atoms with Crippen LogP contribution in [0.2, 0.25) is 0 Å². The number of benzene rings is 2. The first-order valence-electron chi connectivity index (χ1n) is 9.21. The molecule has 4 rings (SSSR count). The van der Waals surface area contributed by atoms with E-state index >= 15 is 0 Å². The summed E-state index contributed by atoms with van der Waals surface area (Å²) in [5.74, 6) is 0. The van der Waals surface area contributed by atoms with Crippen molar-refractivity contribution in [3.63, 3.8) is 0 Å². The number of urea groups is 1. The Kier molecular flexibility index (Phi) is 5.30. The Bertz CT molecular complexity index is 918. The van der Waals surface area contributed by atoms with Gasteiger partial charge in [-0.25, -0.2) is 4.79 Å². The average Bonchev–Trinajstić information content (AvgIpc) is 3.43. The molecule has 0 atom stereocenters. The fourth-order valence-corrected chi connectivity index (χ4v) is 3.59. The van der Waals surface area contributed by atoms with Crippen molar-refractivity contribution in [2.75, 3.05) is 5.32 Å². The number of anilines is 1. The van der Waals surface area contributed by atoms with Gasteiger partial charge in [-0.2, -0.15) is 0 Å². The second kappa shape index (κ2) is 8.01. The van der Waals surface area contributed by atoms with Gasteiger partial charge in [0.05, 0.1) is 12.2 Å². The van der Waals surface area contributed by atoms with Crippen molar-refractivity contribution in [1.82, 2.24) is 9.47 Å². The van der Waals surface area contributed by atoms with Crippen molar-refractivity contribution in [1.29, 1.82) is 0 Å². The van der Waals surface area contributed by atoms with Crippen LogP contribution in [-0.4, -0.2) is 21.5 Å². The smallest absolute Gasteiger partial charge is 0.322 e. The number of para-hydroxylation sites is 1. The number of hydrogen-bond acceptors (Lipinski definition) is 1. The number of nitrogens with zero attached hydrogens (tertiary/aromatic N) is 2. The molecule has 1 fully saturated rings. The Morgan fingerprint density at radius 3 is 2.52 bits per heavy atom. The van der Waals surface area contributed by atoms with Gasteiger partial charge in [0.15, 0.2) is 0 Å². The molecule has 0 bridgehead atoms. The molecule has 0 spiro atoms. The van der Waals surface area contributed by atoms with Crippen molar-refractivity contribution >= 4 is 27.6 Å². The lowest BCUT2D eigenvalue weighted by atomic mass is 10.2. The molecule has 3 aromatic rings. The molecule has 1 aliphatic carbocycles. The third-order valence-electron chi connectivity index (χ3n) is 4.82. The van der Waals surface area contributed by atoms with Gasteiger partial charge in [-0.3, -0.25) is 0 Å². The van der Waals surface area contributed by atoms with E-state index in [9.17, 15) is 4.79 Å². The first-order valence-corrected chi connectivity index (χ1v) is 10.00. The number of nitrogens with one attached hydrogen (secondary N) is 1. The molecule has 0 aliphatic heterocycles. The maximum Gasteiger partial charge on any atom is 0.322 e. The molecule has 1 saturated carbocycles. The Balaban J connectivity index is 1.49. The highest BCUT2D eigenvalue weighted by atomic mass is 79.9. The summed E-state index contributed by atoms with van der Waals surface area (Å²) >= 11 is 3.50. The third kappa shape index (κ3) is 4.42. The average molecular weight is 424 g/mol. The number of carbonyl (C=O) groups is 1. The van der Waals surface area contributed by atoms with E-state index in [-0.39, 0.29) is 6.03 Å².